The molecule has 1 unspecified atom stereocenters. The van der Waals surface area contributed by atoms with Gasteiger partial charge in [0.25, 0.3) is 0 Å². The van der Waals surface area contributed by atoms with Crippen LogP contribution in [-0.2, 0) is 17.9 Å². The first-order valence-corrected chi connectivity index (χ1v) is 7.92. The number of hydrogen-bond acceptors (Lipinski definition) is 5. The number of rotatable bonds is 6. The van der Waals surface area contributed by atoms with Gasteiger partial charge >= 0.3 is 5.97 Å². The Labute approximate surface area is 123 Å². The maximum atomic E-state index is 11.2. The van der Waals surface area contributed by atoms with E-state index in [0.29, 0.717) is 16.6 Å². The molecule has 1 N–H and O–H groups in total. The predicted molar refractivity (Wildman–Crippen MR) is 78.1 cm³/mol. The summed E-state index contributed by atoms with van der Waals surface area (Å²) in [4.78, 5) is 18.4. The largest absolute Gasteiger partial charge is 0.477 e. The zero-order valence-electron chi connectivity index (χ0n) is 12.1. The molecule has 112 valence electrons. The summed E-state index contributed by atoms with van der Waals surface area (Å²) in [6.07, 6.45) is 4.89. The second-order valence-corrected chi connectivity index (χ2v) is 6.23. The number of ether oxygens (including phenoxy) is 1. The summed E-state index contributed by atoms with van der Waals surface area (Å²) >= 11 is 1.28. The standard InChI is InChI=1S/C14H22N2O3S/c1-3-10-6-4-5-7-16(10)8-12-15-11(9-19-2)13(20-12)14(17)18/h10H,3-9H2,1-2H3,(H,17,18). The van der Waals surface area contributed by atoms with Crippen molar-refractivity contribution in [2.75, 3.05) is 13.7 Å². The van der Waals surface area contributed by atoms with Crippen LogP contribution in [0.25, 0.3) is 0 Å². The molecule has 0 saturated carbocycles. The number of thiazole rings is 1. The molecule has 0 radical (unpaired) electrons. The highest BCUT2D eigenvalue weighted by Crippen LogP contribution is 2.25. The molecular weight excluding hydrogens is 276 g/mol. The van der Waals surface area contributed by atoms with Gasteiger partial charge in [0, 0.05) is 13.2 Å². The van der Waals surface area contributed by atoms with Gasteiger partial charge in [-0.3, -0.25) is 4.90 Å². The van der Waals surface area contributed by atoms with Gasteiger partial charge < -0.3 is 9.84 Å². The summed E-state index contributed by atoms with van der Waals surface area (Å²) in [7, 11) is 1.56. The van der Waals surface area contributed by atoms with Gasteiger partial charge in [0.2, 0.25) is 0 Å². The van der Waals surface area contributed by atoms with Crippen molar-refractivity contribution in [3.05, 3.63) is 15.6 Å². The maximum Gasteiger partial charge on any atom is 0.347 e. The minimum Gasteiger partial charge on any atom is -0.477 e. The van der Waals surface area contributed by atoms with Crippen LogP contribution < -0.4 is 0 Å². The highest BCUT2D eigenvalue weighted by atomic mass is 32.1. The van der Waals surface area contributed by atoms with Gasteiger partial charge in [0.15, 0.2) is 0 Å². The average Bonchev–Trinajstić information content (AvgIpc) is 2.83. The number of aromatic nitrogens is 1. The number of carbonyl (C=O) groups is 1. The van der Waals surface area contributed by atoms with Gasteiger partial charge in [-0.25, -0.2) is 9.78 Å². The Morgan fingerprint density at radius 1 is 1.55 bits per heavy atom. The maximum absolute atomic E-state index is 11.2. The molecule has 1 aromatic heterocycles. The smallest absolute Gasteiger partial charge is 0.347 e. The third kappa shape index (κ3) is 3.56. The Morgan fingerprint density at radius 3 is 3.00 bits per heavy atom. The highest BCUT2D eigenvalue weighted by molar-refractivity contribution is 7.13. The quantitative estimate of drug-likeness (QED) is 0.875. The third-order valence-electron chi connectivity index (χ3n) is 3.78. The van der Waals surface area contributed by atoms with E-state index in [1.54, 1.807) is 7.11 Å². The molecule has 5 nitrogen and oxygen atoms in total. The molecule has 1 aliphatic heterocycles. The summed E-state index contributed by atoms with van der Waals surface area (Å²) in [5.41, 5.74) is 0.546. The van der Waals surface area contributed by atoms with Crippen LogP contribution in [0, 0.1) is 0 Å². The van der Waals surface area contributed by atoms with Crippen LogP contribution >= 0.6 is 11.3 Å². The topological polar surface area (TPSA) is 62.7 Å². The molecule has 1 fully saturated rings. The van der Waals surface area contributed by atoms with Crippen molar-refractivity contribution in [1.29, 1.82) is 0 Å². The molecule has 1 aromatic rings. The van der Waals surface area contributed by atoms with Gasteiger partial charge in [-0.1, -0.05) is 13.3 Å². The first-order chi connectivity index (χ1) is 9.65. The van der Waals surface area contributed by atoms with Crippen LogP contribution in [-0.4, -0.2) is 40.7 Å². The minimum absolute atomic E-state index is 0.259. The summed E-state index contributed by atoms with van der Waals surface area (Å²) in [5, 5.41) is 10.1. The SMILES string of the molecule is CCC1CCCCN1Cc1nc(COC)c(C(=O)O)s1. The number of carboxylic acids is 1. The zero-order chi connectivity index (χ0) is 14.5. The normalized spacial score (nSPS) is 20.2. The lowest BCUT2D eigenvalue weighted by molar-refractivity contribution is 0.0697. The molecule has 1 atom stereocenters. The van der Waals surface area contributed by atoms with Crippen molar-refractivity contribution in [3.8, 4) is 0 Å². The van der Waals surface area contributed by atoms with Crippen molar-refractivity contribution in [1.82, 2.24) is 9.88 Å². The molecular formula is C14H22N2O3S. The lowest BCUT2D eigenvalue weighted by atomic mass is 10.0. The molecule has 20 heavy (non-hydrogen) atoms. The van der Waals surface area contributed by atoms with Crippen molar-refractivity contribution < 1.29 is 14.6 Å². The van der Waals surface area contributed by atoms with Gasteiger partial charge in [0.1, 0.15) is 9.88 Å². The Hall–Kier alpha value is -0.980. The Balaban J connectivity index is 2.12. The van der Waals surface area contributed by atoms with Crippen molar-refractivity contribution in [2.24, 2.45) is 0 Å². The fourth-order valence-electron chi connectivity index (χ4n) is 2.77. The Kier molecular flexibility index (Phi) is 5.51. The molecule has 0 bridgehead atoms. The van der Waals surface area contributed by atoms with Crippen LogP contribution in [0.4, 0.5) is 0 Å². The van der Waals surface area contributed by atoms with Crippen molar-refractivity contribution in [2.45, 2.75) is 51.8 Å². The summed E-state index contributed by atoms with van der Waals surface area (Å²) < 4.78 is 5.03. The summed E-state index contributed by atoms with van der Waals surface area (Å²) in [6, 6.07) is 0.604. The van der Waals surface area contributed by atoms with E-state index >= 15 is 0 Å². The predicted octanol–water partition coefficient (Wildman–Crippen LogP) is 2.75. The van der Waals surface area contributed by atoms with Gasteiger partial charge in [-0.05, 0) is 25.8 Å². The fourth-order valence-corrected chi connectivity index (χ4v) is 3.71. The van der Waals surface area contributed by atoms with E-state index in [0.717, 1.165) is 24.5 Å². The van der Waals surface area contributed by atoms with Crippen LogP contribution in [0.2, 0.25) is 0 Å². The number of aromatic carboxylic acids is 1. The molecule has 0 aromatic carbocycles. The average molecular weight is 298 g/mol. The van der Waals surface area contributed by atoms with Gasteiger partial charge in [-0.2, -0.15) is 0 Å². The number of methoxy groups -OCH3 is 1. The molecule has 0 amide bonds. The van der Waals surface area contributed by atoms with E-state index in [4.69, 9.17) is 4.74 Å². The number of likely N-dealkylation sites (tertiary alicyclic amines) is 1. The van der Waals surface area contributed by atoms with E-state index in [-0.39, 0.29) is 6.61 Å². The fraction of sp³-hybridized carbons (Fsp3) is 0.714. The molecule has 0 aliphatic carbocycles. The van der Waals surface area contributed by atoms with Gasteiger partial charge in [0.05, 0.1) is 18.8 Å². The van der Waals surface area contributed by atoms with Crippen molar-refractivity contribution in [3.63, 3.8) is 0 Å². The van der Waals surface area contributed by atoms with Crippen LogP contribution in [0.3, 0.4) is 0 Å². The molecule has 2 heterocycles. The first-order valence-electron chi connectivity index (χ1n) is 7.10. The van der Waals surface area contributed by atoms with E-state index in [1.807, 2.05) is 0 Å². The molecule has 1 saturated heterocycles. The Bertz CT molecular complexity index is 461. The minimum atomic E-state index is -0.911. The van der Waals surface area contributed by atoms with E-state index in [1.165, 1.54) is 30.6 Å². The molecule has 1 aliphatic rings. The molecule has 0 spiro atoms. The zero-order valence-corrected chi connectivity index (χ0v) is 12.9. The lowest BCUT2D eigenvalue weighted by Gasteiger charge is -2.34. The van der Waals surface area contributed by atoms with E-state index in [9.17, 15) is 9.90 Å². The van der Waals surface area contributed by atoms with E-state index < -0.39 is 5.97 Å². The van der Waals surface area contributed by atoms with E-state index in [2.05, 4.69) is 16.8 Å². The van der Waals surface area contributed by atoms with Crippen LogP contribution in [0.5, 0.6) is 0 Å². The second-order valence-electron chi connectivity index (χ2n) is 5.15. The number of piperidine rings is 1. The second kappa shape index (κ2) is 7.15. The number of nitrogens with zero attached hydrogens (tertiary/aromatic N) is 2. The number of hydrogen-bond donors (Lipinski definition) is 1. The first kappa shape index (κ1) is 15.4. The monoisotopic (exact) mass is 298 g/mol. The van der Waals surface area contributed by atoms with Crippen LogP contribution in [0.1, 0.15) is 53.0 Å². The summed E-state index contributed by atoms with van der Waals surface area (Å²) in [6.45, 7) is 4.31. The number of carboxylic acid groups (broad SMARTS) is 1. The highest BCUT2D eigenvalue weighted by Gasteiger charge is 2.24. The third-order valence-corrected chi connectivity index (χ3v) is 4.85. The Morgan fingerprint density at radius 2 is 2.35 bits per heavy atom. The molecule has 6 heteroatoms. The molecule has 2 rings (SSSR count). The van der Waals surface area contributed by atoms with Crippen LogP contribution in [0.15, 0.2) is 0 Å². The van der Waals surface area contributed by atoms with Gasteiger partial charge in [-0.15, -0.1) is 11.3 Å². The summed E-state index contributed by atoms with van der Waals surface area (Å²) in [5.74, 6) is -0.911. The lowest BCUT2D eigenvalue weighted by Crippen LogP contribution is -2.38. The van der Waals surface area contributed by atoms with Crippen molar-refractivity contribution >= 4 is 17.3 Å².